The number of rotatable bonds is 4. The monoisotopic (exact) mass is 386 g/mol. The molecule has 3 rings (SSSR count). The van der Waals surface area contributed by atoms with E-state index in [1.54, 1.807) is 32.6 Å². The number of nitrogens with one attached hydrogen (secondary N) is 2. The fourth-order valence-electron chi connectivity index (χ4n) is 3.85. The lowest BCUT2D eigenvalue weighted by atomic mass is 9.93. The summed E-state index contributed by atoms with van der Waals surface area (Å²) >= 11 is 0. The molecule has 8 heteroatoms. The van der Waals surface area contributed by atoms with E-state index >= 15 is 0 Å². The molecule has 1 saturated heterocycles. The molecule has 2 aromatic rings. The van der Waals surface area contributed by atoms with Crippen molar-refractivity contribution in [3.63, 3.8) is 0 Å². The van der Waals surface area contributed by atoms with E-state index < -0.39 is 5.97 Å². The summed E-state index contributed by atoms with van der Waals surface area (Å²) in [6, 6.07) is 1.51. The molecular weight excluding hydrogens is 360 g/mol. The minimum Gasteiger partial charge on any atom is -0.461 e. The number of amides is 1. The minimum atomic E-state index is -0.457. The van der Waals surface area contributed by atoms with Crippen LogP contribution in [0.2, 0.25) is 0 Å². The van der Waals surface area contributed by atoms with E-state index in [1.165, 1.54) is 6.07 Å². The molecule has 2 aromatic heterocycles. The lowest BCUT2D eigenvalue weighted by molar-refractivity contribution is 0.0519. The van der Waals surface area contributed by atoms with Gasteiger partial charge in [-0.2, -0.15) is 0 Å². The quantitative estimate of drug-likeness (QED) is 0.784. The Morgan fingerprint density at radius 1 is 1.29 bits per heavy atom. The van der Waals surface area contributed by atoms with E-state index in [4.69, 9.17) is 4.74 Å². The highest BCUT2D eigenvalue weighted by molar-refractivity contribution is 6.01. The Morgan fingerprint density at radius 3 is 2.71 bits per heavy atom. The normalized spacial score (nSPS) is 16.9. The van der Waals surface area contributed by atoms with Gasteiger partial charge in [0.2, 0.25) is 0 Å². The topological polar surface area (TPSA) is 108 Å². The van der Waals surface area contributed by atoms with Crippen molar-refractivity contribution in [2.75, 3.05) is 19.7 Å². The fraction of sp³-hybridized carbons (Fsp3) is 0.500. The first-order valence-electron chi connectivity index (χ1n) is 9.55. The third-order valence-electron chi connectivity index (χ3n) is 5.14. The summed E-state index contributed by atoms with van der Waals surface area (Å²) < 4.78 is 5.06. The molecule has 1 amide bonds. The van der Waals surface area contributed by atoms with Crippen LogP contribution >= 0.6 is 0 Å². The predicted molar refractivity (Wildman–Crippen MR) is 104 cm³/mol. The van der Waals surface area contributed by atoms with Gasteiger partial charge in [-0.15, -0.1) is 0 Å². The van der Waals surface area contributed by atoms with Crippen molar-refractivity contribution >= 4 is 11.9 Å². The zero-order valence-corrected chi connectivity index (χ0v) is 16.7. The number of hydrogen-bond donors (Lipinski definition) is 2. The van der Waals surface area contributed by atoms with Gasteiger partial charge in [0.05, 0.1) is 17.9 Å². The van der Waals surface area contributed by atoms with Gasteiger partial charge in [-0.3, -0.25) is 9.59 Å². The van der Waals surface area contributed by atoms with Crippen molar-refractivity contribution in [2.45, 2.75) is 46.5 Å². The maximum Gasteiger partial charge on any atom is 0.355 e. The van der Waals surface area contributed by atoms with Crippen LogP contribution in [0.3, 0.4) is 0 Å². The summed E-state index contributed by atoms with van der Waals surface area (Å²) in [5.74, 6) is 0.0139. The number of hydrogen-bond acceptors (Lipinski definition) is 5. The van der Waals surface area contributed by atoms with Gasteiger partial charge in [0.1, 0.15) is 11.5 Å². The highest BCUT2D eigenvalue weighted by atomic mass is 16.5. The van der Waals surface area contributed by atoms with Gasteiger partial charge >= 0.3 is 5.97 Å². The molecule has 0 spiro atoms. The van der Waals surface area contributed by atoms with Crippen LogP contribution in [-0.4, -0.2) is 51.4 Å². The third kappa shape index (κ3) is 3.85. The first-order chi connectivity index (χ1) is 13.3. The molecule has 150 valence electrons. The Bertz CT molecular complexity index is 960. The second kappa shape index (κ2) is 8.00. The molecule has 0 aromatic carbocycles. The van der Waals surface area contributed by atoms with E-state index in [-0.39, 0.29) is 24.0 Å². The van der Waals surface area contributed by atoms with Gasteiger partial charge in [-0.05, 0) is 46.1 Å². The highest BCUT2D eigenvalue weighted by Crippen LogP contribution is 2.28. The first kappa shape index (κ1) is 19.9. The van der Waals surface area contributed by atoms with Crippen LogP contribution in [0, 0.1) is 20.8 Å². The molecule has 2 N–H and O–H groups in total. The zero-order chi connectivity index (χ0) is 20.4. The smallest absolute Gasteiger partial charge is 0.355 e. The third-order valence-corrected chi connectivity index (χ3v) is 5.14. The van der Waals surface area contributed by atoms with Gasteiger partial charge in [-0.1, -0.05) is 0 Å². The molecular formula is C20H26N4O4. The van der Waals surface area contributed by atoms with E-state index in [0.29, 0.717) is 47.1 Å². The molecule has 0 aliphatic carbocycles. The number of piperidine rings is 1. The van der Waals surface area contributed by atoms with Crippen molar-refractivity contribution in [1.29, 1.82) is 0 Å². The van der Waals surface area contributed by atoms with Gasteiger partial charge in [0.15, 0.2) is 0 Å². The summed E-state index contributed by atoms with van der Waals surface area (Å²) in [6.07, 6.45) is 1.70. The lowest BCUT2D eigenvalue weighted by Crippen LogP contribution is -2.40. The SMILES string of the molecule is CCOC(=O)c1[nH]c(C)c(C(=O)N2CCCC(c3cc(=O)[nH]c(C)n3)C2)c1C. The number of esters is 1. The molecule has 1 unspecified atom stereocenters. The maximum absolute atomic E-state index is 13.2. The van der Waals surface area contributed by atoms with Gasteiger partial charge in [0, 0.05) is 30.8 Å². The second-order valence-corrected chi connectivity index (χ2v) is 7.19. The standard InChI is InChI=1S/C20H26N4O4/c1-5-28-20(27)18-11(2)17(12(3)21-18)19(26)24-8-6-7-14(10-24)15-9-16(25)23-13(4)22-15/h9,14,21H,5-8,10H2,1-4H3,(H,22,23,25). The number of likely N-dealkylation sites (tertiary alicyclic amines) is 1. The number of aromatic amines is 2. The Labute approximate surface area is 163 Å². The van der Waals surface area contributed by atoms with E-state index in [2.05, 4.69) is 15.0 Å². The van der Waals surface area contributed by atoms with Crippen molar-refractivity contribution in [1.82, 2.24) is 19.9 Å². The molecule has 1 aliphatic rings. The van der Waals surface area contributed by atoms with Gasteiger partial charge in [-0.25, -0.2) is 9.78 Å². The average molecular weight is 386 g/mol. The molecule has 3 heterocycles. The summed E-state index contributed by atoms with van der Waals surface area (Å²) in [5.41, 5.74) is 2.63. The molecule has 1 aliphatic heterocycles. The Morgan fingerprint density at radius 2 is 2.04 bits per heavy atom. The van der Waals surface area contributed by atoms with Crippen LogP contribution in [0.1, 0.15) is 69.3 Å². The lowest BCUT2D eigenvalue weighted by Gasteiger charge is -2.32. The maximum atomic E-state index is 13.2. The van der Waals surface area contributed by atoms with Crippen molar-refractivity contribution in [3.8, 4) is 0 Å². The van der Waals surface area contributed by atoms with Crippen LogP contribution in [0.5, 0.6) is 0 Å². The van der Waals surface area contributed by atoms with Crippen LogP contribution in [-0.2, 0) is 4.74 Å². The fourth-order valence-corrected chi connectivity index (χ4v) is 3.85. The zero-order valence-electron chi connectivity index (χ0n) is 16.7. The first-order valence-corrected chi connectivity index (χ1v) is 9.55. The average Bonchev–Trinajstić information content (AvgIpc) is 2.95. The number of carbonyl (C=O) groups excluding carboxylic acids is 2. The Hall–Kier alpha value is -2.90. The minimum absolute atomic E-state index is 0.0165. The summed E-state index contributed by atoms with van der Waals surface area (Å²) in [4.78, 5) is 49.0. The molecule has 8 nitrogen and oxygen atoms in total. The summed E-state index contributed by atoms with van der Waals surface area (Å²) in [7, 11) is 0. The van der Waals surface area contributed by atoms with E-state index in [9.17, 15) is 14.4 Å². The largest absolute Gasteiger partial charge is 0.461 e. The highest BCUT2D eigenvalue weighted by Gasteiger charge is 2.30. The van der Waals surface area contributed by atoms with Crippen LogP contribution in [0.15, 0.2) is 10.9 Å². The molecule has 0 bridgehead atoms. The summed E-state index contributed by atoms with van der Waals surface area (Å²) in [6.45, 7) is 8.44. The van der Waals surface area contributed by atoms with Crippen molar-refractivity contribution < 1.29 is 14.3 Å². The van der Waals surface area contributed by atoms with Crippen molar-refractivity contribution in [3.05, 3.63) is 50.5 Å². The number of carbonyl (C=O) groups is 2. The van der Waals surface area contributed by atoms with Crippen LogP contribution < -0.4 is 5.56 Å². The molecule has 28 heavy (non-hydrogen) atoms. The second-order valence-electron chi connectivity index (χ2n) is 7.19. The van der Waals surface area contributed by atoms with Gasteiger partial charge in [0.25, 0.3) is 11.5 Å². The Kier molecular flexibility index (Phi) is 5.67. The predicted octanol–water partition coefficient (Wildman–Crippen LogP) is 2.22. The Balaban J connectivity index is 1.85. The number of aromatic nitrogens is 3. The van der Waals surface area contributed by atoms with Gasteiger partial charge < -0.3 is 19.6 Å². The molecule has 1 fully saturated rings. The number of nitrogens with zero attached hydrogens (tertiary/aromatic N) is 2. The van der Waals surface area contributed by atoms with Crippen LogP contribution in [0.4, 0.5) is 0 Å². The summed E-state index contributed by atoms with van der Waals surface area (Å²) in [5, 5.41) is 0. The molecule has 0 saturated carbocycles. The number of H-pyrrole nitrogens is 2. The van der Waals surface area contributed by atoms with E-state index in [0.717, 1.165) is 12.8 Å². The molecule has 0 radical (unpaired) electrons. The molecule has 1 atom stereocenters. The van der Waals surface area contributed by atoms with Crippen molar-refractivity contribution in [2.24, 2.45) is 0 Å². The number of aryl methyl sites for hydroxylation is 2. The van der Waals surface area contributed by atoms with E-state index in [1.807, 2.05) is 0 Å². The number of ether oxygens (including phenoxy) is 1. The van der Waals surface area contributed by atoms with Crippen LogP contribution in [0.25, 0.3) is 0 Å².